The number of benzene rings is 1. The molecule has 1 amide bonds. The van der Waals surface area contributed by atoms with Crippen molar-refractivity contribution in [1.82, 2.24) is 4.98 Å². The molecule has 0 radical (unpaired) electrons. The van der Waals surface area contributed by atoms with Crippen molar-refractivity contribution in [2.45, 2.75) is 13.8 Å². The van der Waals surface area contributed by atoms with Crippen LogP contribution in [0.25, 0.3) is 11.1 Å². The van der Waals surface area contributed by atoms with E-state index in [1.54, 1.807) is 19.3 Å². The molecule has 1 N–H and O–H groups in total. The molecular formula is C14H12N2O3. The van der Waals surface area contributed by atoms with Crippen molar-refractivity contribution < 1.29 is 13.6 Å². The van der Waals surface area contributed by atoms with Gasteiger partial charge in [0.15, 0.2) is 5.58 Å². The van der Waals surface area contributed by atoms with Crippen molar-refractivity contribution in [3.05, 3.63) is 47.4 Å². The van der Waals surface area contributed by atoms with Gasteiger partial charge in [-0.2, -0.15) is 4.98 Å². The Morgan fingerprint density at radius 1 is 1.26 bits per heavy atom. The van der Waals surface area contributed by atoms with Crippen LogP contribution < -0.4 is 5.32 Å². The fourth-order valence-corrected chi connectivity index (χ4v) is 2.00. The van der Waals surface area contributed by atoms with Crippen LogP contribution in [-0.4, -0.2) is 10.9 Å². The molecule has 1 aromatic carbocycles. The van der Waals surface area contributed by atoms with Crippen molar-refractivity contribution in [1.29, 1.82) is 0 Å². The molecule has 0 saturated heterocycles. The minimum atomic E-state index is -0.282. The minimum absolute atomic E-state index is 0.186. The molecule has 5 heteroatoms. The maximum absolute atomic E-state index is 12.1. The zero-order valence-electron chi connectivity index (χ0n) is 10.6. The van der Waals surface area contributed by atoms with Crippen LogP contribution >= 0.6 is 0 Å². The van der Waals surface area contributed by atoms with Gasteiger partial charge in [-0.15, -0.1) is 0 Å². The van der Waals surface area contributed by atoms with E-state index in [0.29, 0.717) is 22.4 Å². The molecule has 0 unspecified atom stereocenters. The molecule has 2 aromatic heterocycles. The quantitative estimate of drug-likeness (QED) is 0.763. The summed E-state index contributed by atoms with van der Waals surface area (Å²) in [7, 11) is 0. The zero-order chi connectivity index (χ0) is 13.4. The third kappa shape index (κ3) is 1.99. The van der Waals surface area contributed by atoms with Crippen LogP contribution in [0.5, 0.6) is 0 Å². The summed E-state index contributed by atoms with van der Waals surface area (Å²) in [6.07, 6.45) is 1.55. The summed E-state index contributed by atoms with van der Waals surface area (Å²) in [6.45, 7) is 3.56. The molecule has 96 valence electrons. The third-order valence-electron chi connectivity index (χ3n) is 2.90. The number of hydrogen-bond acceptors (Lipinski definition) is 4. The van der Waals surface area contributed by atoms with E-state index in [4.69, 9.17) is 8.83 Å². The minimum Gasteiger partial charge on any atom is -0.469 e. The van der Waals surface area contributed by atoms with Crippen LogP contribution in [0.3, 0.4) is 0 Å². The summed E-state index contributed by atoms with van der Waals surface area (Å²) in [5.41, 5.74) is 2.64. The van der Waals surface area contributed by atoms with Gasteiger partial charge in [-0.25, -0.2) is 0 Å². The number of hydrogen-bond donors (Lipinski definition) is 1. The first-order valence-corrected chi connectivity index (χ1v) is 5.87. The van der Waals surface area contributed by atoms with E-state index in [1.165, 1.54) is 0 Å². The lowest BCUT2D eigenvalue weighted by Crippen LogP contribution is -2.13. The molecule has 0 spiro atoms. The fraction of sp³-hybridized carbons (Fsp3) is 0.143. The Morgan fingerprint density at radius 2 is 2.05 bits per heavy atom. The fourth-order valence-electron chi connectivity index (χ4n) is 2.00. The lowest BCUT2D eigenvalue weighted by molar-refractivity contribution is 0.102. The van der Waals surface area contributed by atoms with Gasteiger partial charge in [-0.05, 0) is 26.0 Å². The highest BCUT2D eigenvalue weighted by Gasteiger charge is 2.17. The summed E-state index contributed by atoms with van der Waals surface area (Å²) in [6, 6.07) is 7.52. The zero-order valence-corrected chi connectivity index (χ0v) is 10.6. The van der Waals surface area contributed by atoms with Crippen molar-refractivity contribution in [2.24, 2.45) is 0 Å². The number of carbonyl (C=O) groups is 1. The molecule has 19 heavy (non-hydrogen) atoms. The maximum atomic E-state index is 12.1. The van der Waals surface area contributed by atoms with Gasteiger partial charge in [0.1, 0.15) is 11.3 Å². The van der Waals surface area contributed by atoms with Gasteiger partial charge in [-0.3, -0.25) is 10.1 Å². The molecule has 0 aliphatic heterocycles. The van der Waals surface area contributed by atoms with Crippen LogP contribution in [0, 0.1) is 13.8 Å². The number of furan rings is 1. The molecule has 5 nitrogen and oxygen atoms in total. The van der Waals surface area contributed by atoms with Crippen molar-refractivity contribution >= 4 is 23.0 Å². The number of anilines is 1. The van der Waals surface area contributed by atoms with Crippen LogP contribution in [0.4, 0.5) is 6.01 Å². The number of nitrogens with one attached hydrogen (secondary N) is 1. The Kier molecular flexibility index (Phi) is 2.59. The van der Waals surface area contributed by atoms with Crippen LogP contribution in [0.15, 0.2) is 39.4 Å². The lowest BCUT2D eigenvalue weighted by atomic mass is 10.1. The predicted molar refractivity (Wildman–Crippen MR) is 70.1 cm³/mol. The van der Waals surface area contributed by atoms with Gasteiger partial charge in [0.05, 0.1) is 11.8 Å². The van der Waals surface area contributed by atoms with E-state index in [1.807, 2.05) is 25.1 Å². The molecule has 0 aliphatic carbocycles. The van der Waals surface area contributed by atoms with E-state index in [2.05, 4.69) is 10.3 Å². The van der Waals surface area contributed by atoms with E-state index in [-0.39, 0.29) is 11.9 Å². The number of oxazole rings is 1. The van der Waals surface area contributed by atoms with Crippen LogP contribution in [-0.2, 0) is 0 Å². The summed E-state index contributed by atoms with van der Waals surface area (Å²) in [5, 5.41) is 2.64. The second kappa shape index (κ2) is 4.28. The Morgan fingerprint density at radius 3 is 2.74 bits per heavy atom. The second-order valence-corrected chi connectivity index (χ2v) is 4.29. The summed E-state index contributed by atoms with van der Waals surface area (Å²) >= 11 is 0. The van der Waals surface area contributed by atoms with E-state index in [9.17, 15) is 4.79 Å². The number of aryl methyl sites for hydroxylation is 2. The normalized spacial score (nSPS) is 10.8. The standard InChI is InChI=1S/C14H12N2O3/c1-8-7-18-9(2)12(8)13(17)16-14-15-10-5-3-4-6-11(10)19-14/h3-7H,1-2H3,(H,15,16,17). The van der Waals surface area contributed by atoms with Crippen LogP contribution in [0.2, 0.25) is 0 Å². The molecule has 0 fully saturated rings. The van der Waals surface area contributed by atoms with Gasteiger partial charge in [-0.1, -0.05) is 12.1 Å². The van der Waals surface area contributed by atoms with E-state index >= 15 is 0 Å². The van der Waals surface area contributed by atoms with Crippen molar-refractivity contribution in [3.8, 4) is 0 Å². The summed E-state index contributed by atoms with van der Waals surface area (Å²) in [5.74, 6) is 0.293. The van der Waals surface area contributed by atoms with Crippen LogP contribution in [0.1, 0.15) is 21.7 Å². The highest BCUT2D eigenvalue weighted by molar-refractivity contribution is 6.05. The van der Waals surface area contributed by atoms with E-state index < -0.39 is 0 Å². The SMILES string of the molecule is Cc1coc(C)c1C(=O)Nc1nc2ccccc2o1. The number of amides is 1. The highest BCUT2D eigenvalue weighted by atomic mass is 16.4. The topological polar surface area (TPSA) is 68.3 Å². The Labute approximate surface area is 109 Å². The number of para-hydroxylation sites is 2. The maximum Gasteiger partial charge on any atom is 0.302 e. The first-order valence-electron chi connectivity index (χ1n) is 5.87. The third-order valence-corrected chi connectivity index (χ3v) is 2.90. The van der Waals surface area contributed by atoms with Gasteiger partial charge in [0.2, 0.25) is 0 Å². The van der Waals surface area contributed by atoms with Crippen molar-refractivity contribution in [3.63, 3.8) is 0 Å². The largest absolute Gasteiger partial charge is 0.469 e. The average molecular weight is 256 g/mol. The van der Waals surface area contributed by atoms with E-state index in [0.717, 1.165) is 5.56 Å². The molecule has 0 aliphatic rings. The Balaban J connectivity index is 1.91. The number of nitrogens with zero attached hydrogens (tertiary/aromatic N) is 1. The van der Waals surface area contributed by atoms with Gasteiger partial charge >= 0.3 is 6.01 Å². The molecule has 0 bridgehead atoms. The first-order chi connectivity index (χ1) is 9.15. The molecule has 3 rings (SSSR count). The Hall–Kier alpha value is -2.56. The highest BCUT2D eigenvalue weighted by Crippen LogP contribution is 2.21. The smallest absolute Gasteiger partial charge is 0.302 e. The molecule has 0 saturated carbocycles. The first kappa shape index (κ1) is 11.5. The lowest BCUT2D eigenvalue weighted by Gasteiger charge is -2.00. The summed E-state index contributed by atoms with van der Waals surface area (Å²) < 4.78 is 10.6. The predicted octanol–water partition coefficient (Wildman–Crippen LogP) is 3.29. The van der Waals surface area contributed by atoms with Gasteiger partial charge in [0.25, 0.3) is 5.91 Å². The molecule has 3 aromatic rings. The number of carbonyl (C=O) groups excluding carboxylic acids is 1. The van der Waals surface area contributed by atoms with Crippen molar-refractivity contribution in [2.75, 3.05) is 5.32 Å². The summed E-state index contributed by atoms with van der Waals surface area (Å²) in [4.78, 5) is 16.3. The van der Waals surface area contributed by atoms with Gasteiger partial charge < -0.3 is 8.83 Å². The monoisotopic (exact) mass is 256 g/mol. The number of fused-ring (bicyclic) bond motifs is 1. The number of rotatable bonds is 2. The van der Waals surface area contributed by atoms with Gasteiger partial charge in [0, 0.05) is 5.56 Å². The molecular weight excluding hydrogens is 244 g/mol. The second-order valence-electron chi connectivity index (χ2n) is 4.29. The Bertz CT molecular complexity index is 702. The molecule has 2 heterocycles. The molecule has 0 atom stereocenters. The number of aromatic nitrogens is 1. The average Bonchev–Trinajstić information content (AvgIpc) is 2.92.